The fraction of sp³-hybridized carbons (Fsp3) is 0.667. The number of amides is 1. The fourth-order valence-electron chi connectivity index (χ4n) is 2.44. The predicted octanol–water partition coefficient (Wildman–Crippen LogP) is -0.524. The first-order valence-corrected chi connectivity index (χ1v) is 6.16. The number of hydrogen-bond acceptors (Lipinski definition) is 4. The van der Waals surface area contributed by atoms with Crippen molar-refractivity contribution in [2.45, 2.75) is 25.0 Å². The Morgan fingerprint density at radius 1 is 1.67 bits per heavy atom. The first-order chi connectivity index (χ1) is 8.56. The first-order valence-electron chi connectivity index (χ1n) is 6.16. The minimum atomic E-state index is -0.402. The third kappa shape index (κ3) is 3.08. The number of β-amino-alcohol motifs (C(OH)–C–C–N with tert-alkyl or cyclic N) is 1. The fourth-order valence-corrected chi connectivity index (χ4v) is 2.44. The number of likely N-dealkylation sites (N-methyl/N-ethyl adjacent to an activating group) is 1. The number of likely N-dealkylation sites (tertiary alicyclic amines) is 1. The van der Waals surface area contributed by atoms with E-state index in [9.17, 15) is 9.90 Å². The summed E-state index contributed by atoms with van der Waals surface area (Å²) >= 11 is 0. The first kappa shape index (κ1) is 13.0. The number of aliphatic hydroxyl groups excluding tert-OH is 1. The van der Waals surface area contributed by atoms with Crippen LogP contribution in [0.3, 0.4) is 0 Å². The van der Waals surface area contributed by atoms with Crippen LogP contribution in [0.1, 0.15) is 12.1 Å². The smallest absolute Gasteiger partial charge is 0.228 e. The zero-order chi connectivity index (χ0) is 13.1. The van der Waals surface area contributed by atoms with E-state index in [0.29, 0.717) is 19.4 Å². The van der Waals surface area contributed by atoms with Crippen LogP contribution in [0, 0.1) is 0 Å². The highest BCUT2D eigenvalue weighted by atomic mass is 16.3. The van der Waals surface area contributed by atoms with Crippen molar-refractivity contribution < 1.29 is 9.90 Å². The Morgan fingerprint density at radius 3 is 3.06 bits per heavy atom. The molecule has 2 heterocycles. The van der Waals surface area contributed by atoms with Crippen LogP contribution in [0.2, 0.25) is 0 Å². The van der Waals surface area contributed by atoms with Crippen LogP contribution >= 0.6 is 0 Å². The minimum Gasteiger partial charge on any atom is -0.391 e. The summed E-state index contributed by atoms with van der Waals surface area (Å²) in [5.74, 6) is 0.0441. The van der Waals surface area contributed by atoms with Crippen molar-refractivity contribution in [1.29, 1.82) is 0 Å². The molecule has 0 bridgehead atoms. The topological polar surface area (TPSA) is 72.5 Å². The lowest BCUT2D eigenvalue weighted by atomic mass is 10.2. The van der Waals surface area contributed by atoms with Gasteiger partial charge in [0.2, 0.25) is 5.91 Å². The van der Waals surface area contributed by atoms with Gasteiger partial charge in [0.05, 0.1) is 12.5 Å². The number of carbonyl (C=O) groups excluding carboxylic acids is 1. The second kappa shape index (κ2) is 5.49. The van der Waals surface area contributed by atoms with E-state index in [4.69, 9.17) is 0 Å². The Bertz CT molecular complexity index is 391. The van der Waals surface area contributed by atoms with Crippen LogP contribution in [0.5, 0.6) is 0 Å². The predicted molar refractivity (Wildman–Crippen MR) is 67.0 cm³/mol. The number of carbonyl (C=O) groups is 1. The van der Waals surface area contributed by atoms with Crippen molar-refractivity contribution >= 4 is 5.91 Å². The van der Waals surface area contributed by atoms with E-state index < -0.39 is 6.10 Å². The van der Waals surface area contributed by atoms with Gasteiger partial charge in [0.1, 0.15) is 0 Å². The molecule has 1 aliphatic heterocycles. The third-order valence-corrected chi connectivity index (χ3v) is 3.19. The lowest BCUT2D eigenvalue weighted by molar-refractivity contribution is -0.131. The van der Waals surface area contributed by atoms with Gasteiger partial charge in [-0.2, -0.15) is 5.10 Å². The van der Waals surface area contributed by atoms with Crippen LogP contribution < -0.4 is 0 Å². The average Bonchev–Trinajstić information content (AvgIpc) is 2.87. The van der Waals surface area contributed by atoms with Gasteiger partial charge in [0.15, 0.2) is 0 Å². The van der Waals surface area contributed by atoms with Gasteiger partial charge in [0.25, 0.3) is 0 Å². The summed E-state index contributed by atoms with van der Waals surface area (Å²) in [7, 11) is 3.95. The van der Waals surface area contributed by atoms with Gasteiger partial charge < -0.3 is 14.9 Å². The molecule has 1 aromatic rings. The highest BCUT2D eigenvalue weighted by Crippen LogP contribution is 2.19. The number of aromatic nitrogens is 2. The van der Waals surface area contributed by atoms with Gasteiger partial charge in [-0.3, -0.25) is 9.89 Å². The van der Waals surface area contributed by atoms with Crippen LogP contribution in [-0.4, -0.2) is 70.3 Å². The van der Waals surface area contributed by atoms with E-state index in [-0.39, 0.29) is 11.9 Å². The molecule has 0 radical (unpaired) electrons. The SMILES string of the molecule is CN(C)CC1CC(O)CN1C(=O)Cc1ccn[nH]1. The number of aliphatic hydroxyl groups is 1. The molecule has 1 fully saturated rings. The molecule has 1 saturated heterocycles. The standard InChI is InChI=1S/C12H20N4O2/c1-15(2)7-10-6-11(17)8-16(10)12(18)5-9-3-4-13-14-9/h3-4,10-11,17H,5-8H2,1-2H3,(H,13,14). The lowest BCUT2D eigenvalue weighted by Gasteiger charge is -2.26. The Labute approximate surface area is 107 Å². The molecular formula is C12H20N4O2. The van der Waals surface area contributed by atoms with E-state index in [2.05, 4.69) is 10.2 Å². The molecule has 2 atom stereocenters. The Hall–Kier alpha value is -1.40. The summed E-state index contributed by atoms with van der Waals surface area (Å²) in [5.41, 5.74) is 0.810. The maximum absolute atomic E-state index is 12.2. The molecule has 18 heavy (non-hydrogen) atoms. The normalized spacial score (nSPS) is 23.9. The minimum absolute atomic E-state index is 0.0441. The van der Waals surface area contributed by atoms with Crippen LogP contribution in [0.25, 0.3) is 0 Å². The zero-order valence-corrected chi connectivity index (χ0v) is 10.8. The van der Waals surface area contributed by atoms with Gasteiger partial charge in [-0.05, 0) is 26.6 Å². The maximum atomic E-state index is 12.2. The molecule has 2 rings (SSSR count). The van der Waals surface area contributed by atoms with E-state index >= 15 is 0 Å². The summed E-state index contributed by atoms with van der Waals surface area (Å²) in [6.07, 6.45) is 2.21. The van der Waals surface area contributed by atoms with Gasteiger partial charge in [0, 0.05) is 31.0 Å². The van der Waals surface area contributed by atoms with Crippen molar-refractivity contribution in [2.24, 2.45) is 0 Å². The van der Waals surface area contributed by atoms with Crippen molar-refractivity contribution in [3.63, 3.8) is 0 Å². The summed E-state index contributed by atoms with van der Waals surface area (Å²) in [6, 6.07) is 1.90. The second-order valence-electron chi connectivity index (χ2n) is 5.11. The van der Waals surface area contributed by atoms with Gasteiger partial charge in [-0.1, -0.05) is 0 Å². The molecule has 1 aliphatic rings. The average molecular weight is 252 g/mol. The molecule has 1 aromatic heterocycles. The molecule has 6 heteroatoms. The summed E-state index contributed by atoms with van der Waals surface area (Å²) in [4.78, 5) is 16.0. The summed E-state index contributed by atoms with van der Waals surface area (Å²) in [6.45, 7) is 1.22. The van der Waals surface area contributed by atoms with Crippen molar-refractivity contribution in [1.82, 2.24) is 20.0 Å². The number of aromatic amines is 1. The van der Waals surface area contributed by atoms with E-state index in [0.717, 1.165) is 12.2 Å². The van der Waals surface area contributed by atoms with Gasteiger partial charge in [-0.15, -0.1) is 0 Å². The highest BCUT2D eigenvalue weighted by Gasteiger charge is 2.34. The number of rotatable bonds is 4. The molecule has 2 unspecified atom stereocenters. The lowest BCUT2D eigenvalue weighted by Crippen LogP contribution is -2.42. The van der Waals surface area contributed by atoms with Crippen molar-refractivity contribution in [3.8, 4) is 0 Å². The molecular weight excluding hydrogens is 232 g/mol. The molecule has 0 spiro atoms. The van der Waals surface area contributed by atoms with E-state index in [1.807, 2.05) is 19.0 Å². The Kier molecular flexibility index (Phi) is 3.98. The molecule has 6 nitrogen and oxygen atoms in total. The molecule has 2 N–H and O–H groups in total. The van der Waals surface area contributed by atoms with E-state index in [1.54, 1.807) is 17.2 Å². The van der Waals surface area contributed by atoms with Crippen LogP contribution in [0.15, 0.2) is 12.3 Å². The number of nitrogens with zero attached hydrogens (tertiary/aromatic N) is 3. The summed E-state index contributed by atoms with van der Waals surface area (Å²) < 4.78 is 0. The molecule has 1 amide bonds. The monoisotopic (exact) mass is 252 g/mol. The maximum Gasteiger partial charge on any atom is 0.228 e. The van der Waals surface area contributed by atoms with Crippen molar-refractivity contribution in [2.75, 3.05) is 27.2 Å². The number of nitrogens with one attached hydrogen (secondary N) is 1. The van der Waals surface area contributed by atoms with Crippen LogP contribution in [0.4, 0.5) is 0 Å². The molecule has 0 aliphatic carbocycles. The largest absolute Gasteiger partial charge is 0.391 e. The van der Waals surface area contributed by atoms with Gasteiger partial charge >= 0.3 is 0 Å². The molecule has 0 saturated carbocycles. The number of hydrogen-bond donors (Lipinski definition) is 2. The number of H-pyrrole nitrogens is 1. The quantitative estimate of drug-likeness (QED) is 0.756. The van der Waals surface area contributed by atoms with E-state index in [1.165, 1.54) is 0 Å². The highest BCUT2D eigenvalue weighted by molar-refractivity contribution is 5.79. The van der Waals surface area contributed by atoms with Crippen molar-refractivity contribution in [3.05, 3.63) is 18.0 Å². The van der Waals surface area contributed by atoms with Crippen LogP contribution in [-0.2, 0) is 11.2 Å². The Balaban J connectivity index is 1.98. The molecule has 100 valence electrons. The zero-order valence-electron chi connectivity index (χ0n) is 10.8. The van der Waals surface area contributed by atoms with Gasteiger partial charge in [-0.25, -0.2) is 0 Å². The Morgan fingerprint density at radius 2 is 2.44 bits per heavy atom. The second-order valence-corrected chi connectivity index (χ2v) is 5.11. The molecule has 0 aromatic carbocycles. The third-order valence-electron chi connectivity index (χ3n) is 3.19. The summed E-state index contributed by atoms with van der Waals surface area (Å²) in [5, 5.41) is 16.3.